The van der Waals surface area contributed by atoms with E-state index in [1.165, 1.54) is 6.07 Å². The number of nitrogens with zero attached hydrogens (tertiary/aromatic N) is 1. The lowest BCUT2D eigenvalue weighted by Gasteiger charge is -2.27. The number of fused-ring (bicyclic) bond motifs is 1. The Hall–Kier alpha value is -3.13. The minimum atomic E-state index is -0.396. The van der Waals surface area contributed by atoms with Gasteiger partial charge in [0.05, 0.1) is 12.5 Å². The number of hydrogen-bond acceptors (Lipinski definition) is 5. The van der Waals surface area contributed by atoms with E-state index in [0.29, 0.717) is 23.7 Å². The summed E-state index contributed by atoms with van der Waals surface area (Å²) in [5.41, 5.74) is 7.85. The topological polar surface area (TPSA) is 88.5 Å². The number of hydrogen-bond donors (Lipinski definition) is 2. The molecule has 0 fully saturated rings. The zero-order valence-corrected chi connectivity index (χ0v) is 12.6. The zero-order chi connectivity index (χ0) is 16.4. The number of phenols is 1. The molecule has 0 unspecified atom stereocenters. The zero-order valence-electron chi connectivity index (χ0n) is 12.6. The molecule has 0 saturated heterocycles. The third-order valence-corrected chi connectivity index (χ3v) is 3.73. The van der Waals surface area contributed by atoms with E-state index in [-0.39, 0.29) is 11.6 Å². The highest BCUT2D eigenvalue weighted by Crippen LogP contribution is 2.45. The van der Waals surface area contributed by atoms with Crippen LogP contribution in [0.4, 0.5) is 0 Å². The van der Waals surface area contributed by atoms with Crippen molar-refractivity contribution in [3.05, 3.63) is 65.0 Å². The van der Waals surface area contributed by atoms with Crippen molar-refractivity contribution in [2.45, 2.75) is 12.8 Å². The van der Waals surface area contributed by atoms with Crippen molar-refractivity contribution in [2.75, 3.05) is 6.61 Å². The van der Waals surface area contributed by atoms with E-state index in [1.807, 2.05) is 31.2 Å². The second-order valence-electron chi connectivity index (χ2n) is 5.12. The quantitative estimate of drug-likeness (QED) is 0.910. The van der Waals surface area contributed by atoms with Crippen LogP contribution in [0.3, 0.4) is 0 Å². The third kappa shape index (κ3) is 2.55. The van der Waals surface area contributed by atoms with E-state index >= 15 is 0 Å². The SMILES string of the molecule is CCOc1ccccc1[C@@H]1C(C#N)=C(N)Oc2cc(O)ccc21. The lowest BCUT2D eigenvalue weighted by Crippen LogP contribution is -2.21. The number of aromatic hydroxyl groups is 1. The molecule has 1 atom stereocenters. The summed E-state index contributed by atoms with van der Waals surface area (Å²) in [6, 6.07) is 14.5. The number of rotatable bonds is 3. The standard InChI is InChI=1S/C18H16N2O3/c1-2-22-15-6-4-3-5-12(15)17-13-8-7-11(21)9-16(13)23-18(20)14(17)10-19/h3-9,17,21H,2,20H2,1H3/t17-/m0/s1. The van der Waals surface area contributed by atoms with E-state index in [2.05, 4.69) is 6.07 Å². The molecule has 5 nitrogen and oxygen atoms in total. The summed E-state index contributed by atoms with van der Waals surface area (Å²) in [6.45, 7) is 2.42. The Bertz CT molecular complexity index is 821. The van der Waals surface area contributed by atoms with Crippen LogP contribution in [0.5, 0.6) is 17.2 Å². The predicted octanol–water partition coefficient (Wildman–Crippen LogP) is 3.01. The van der Waals surface area contributed by atoms with Crippen molar-refractivity contribution in [3.63, 3.8) is 0 Å². The van der Waals surface area contributed by atoms with Gasteiger partial charge in [-0.3, -0.25) is 0 Å². The molecule has 5 heteroatoms. The Morgan fingerprint density at radius 3 is 2.78 bits per heavy atom. The van der Waals surface area contributed by atoms with Gasteiger partial charge in [-0.2, -0.15) is 5.26 Å². The van der Waals surface area contributed by atoms with Crippen molar-refractivity contribution < 1.29 is 14.6 Å². The largest absolute Gasteiger partial charge is 0.508 e. The van der Waals surface area contributed by atoms with Gasteiger partial charge in [0, 0.05) is 17.2 Å². The van der Waals surface area contributed by atoms with Gasteiger partial charge in [-0.25, -0.2) is 0 Å². The lowest BCUT2D eigenvalue weighted by atomic mass is 9.83. The molecule has 0 amide bonds. The Kier molecular flexibility index (Phi) is 3.82. The Morgan fingerprint density at radius 2 is 2.04 bits per heavy atom. The summed E-state index contributed by atoms with van der Waals surface area (Å²) in [5, 5.41) is 19.2. The maximum Gasteiger partial charge on any atom is 0.205 e. The minimum absolute atomic E-state index is 0.0434. The number of benzene rings is 2. The van der Waals surface area contributed by atoms with Crippen LogP contribution >= 0.6 is 0 Å². The third-order valence-electron chi connectivity index (χ3n) is 3.73. The molecule has 116 valence electrons. The summed E-state index contributed by atoms with van der Waals surface area (Å²) >= 11 is 0. The van der Waals surface area contributed by atoms with Crippen LogP contribution in [0.1, 0.15) is 24.0 Å². The molecular weight excluding hydrogens is 292 g/mol. The number of allylic oxidation sites excluding steroid dienone is 1. The maximum atomic E-state index is 9.67. The monoisotopic (exact) mass is 308 g/mol. The van der Waals surface area contributed by atoms with Crippen LogP contribution in [0.2, 0.25) is 0 Å². The normalized spacial score (nSPS) is 16.3. The highest BCUT2D eigenvalue weighted by atomic mass is 16.5. The van der Waals surface area contributed by atoms with Crippen LogP contribution in [0, 0.1) is 11.3 Å². The Morgan fingerprint density at radius 1 is 1.26 bits per heavy atom. The summed E-state index contributed by atoms with van der Waals surface area (Å²) < 4.78 is 11.2. The van der Waals surface area contributed by atoms with E-state index in [0.717, 1.165) is 11.1 Å². The highest BCUT2D eigenvalue weighted by Gasteiger charge is 2.32. The van der Waals surface area contributed by atoms with Crippen LogP contribution in [-0.2, 0) is 0 Å². The molecule has 2 aromatic carbocycles. The first kappa shape index (κ1) is 14.8. The highest BCUT2D eigenvalue weighted by molar-refractivity contribution is 5.59. The van der Waals surface area contributed by atoms with E-state index in [9.17, 15) is 10.4 Å². The van der Waals surface area contributed by atoms with Crippen LogP contribution < -0.4 is 15.2 Å². The summed E-state index contributed by atoms with van der Waals surface area (Å²) in [4.78, 5) is 0. The number of ether oxygens (including phenoxy) is 2. The molecular formula is C18H16N2O3. The molecule has 0 bridgehead atoms. The number of para-hydroxylation sites is 1. The molecule has 0 aliphatic carbocycles. The minimum Gasteiger partial charge on any atom is -0.508 e. The van der Waals surface area contributed by atoms with Crippen LogP contribution in [0.15, 0.2) is 53.9 Å². The van der Waals surface area contributed by atoms with Gasteiger partial charge < -0.3 is 20.3 Å². The van der Waals surface area contributed by atoms with E-state index < -0.39 is 5.92 Å². The smallest absolute Gasteiger partial charge is 0.205 e. The number of nitrogens with two attached hydrogens (primary N) is 1. The van der Waals surface area contributed by atoms with Gasteiger partial charge in [-0.1, -0.05) is 24.3 Å². The molecule has 3 rings (SSSR count). The fourth-order valence-electron chi connectivity index (χ4n) is 2.77. The fourth-order valence-corrected chi connectivity index (χ4v) is 2.77. The first-order valence-electron chi connectivity index (χ1n) is 7.28. The van der Waals surface area contributed by atoms with Crippen molar-refractivity contribution in [2.24, 2.45) is 5.73 Å². The molecule has 0 saturated carbocycles. The van der Waals surface area contributed by atoms with Crippen molar-refractivity contribution in [1.29, 1.82) is 5.26 Å². The average molecular weight is 308 g/mol. The van der Waals surface area contributed by atoms with Gasteiger partial charge in [-0.05, 0) is 19.1 Å². The van der Waals surface area contributed by atoms with Crippen LogP contribution in [-0.4, -0.2) is 11.7 Å². The van der Waals surface area contributed by atoms with Gasteiger partial charge in [0.15, 0.2) is 0 Å². The molecule has 1 aliphatic rings. The number of nitriles is 1. The predicted molar refractivity (Wildman–Crippen MR) is 85.0 cm³/mol. The summed E-state index contributed by atoms with van der Waals surface area (Å²) in [5.74, 6) is 0.863. The van der Waals surface area contributed by atoms with Crippen molar-refractivity contribution >= 4 is 0 Å². The van der Waals surface area contributed by atoms with Gasteiger partial charge in [-0.15, -0.1) is 0 Å². The van der Waals surface area contributed by atoms with Crippen molar-refractivity contribution in [1.82, 2.24) is 0 Å². The Balaban J connectivity index is 2.23. The van der Waals surface area contributed by atoms with Gasteiger partial charge in [0.2, 0.25) is 5.88 Å². The first-order valence-corrected chi connectivity index (χ1v) is 7.28. The summed E-state index contributed by atoms with van der Waals surface area (Å²) in [6.07, 6.45) is 0. The number of phenolic OH excluding ortho intramolecular Hbond substituents is 1. The van der Waals surface area contributed by atoms with Gasteiger partial charge in [0.25, 0.3) is 0 Å². The molecule has 23 heavy (non-hydrogen) atoms. The summed E-state index contributed by atoms with van der Waals surface area (Å²) in [7, 11) is 0. The van der Waals surface area contributed by atoms with Gasteiger partial charge >= 0.3 is 0 Å². The molecule has 0 radical (unpaired) electrons. The van der Waals surface area contributed by atoms with Gasteiger partial charge in [0.1, 0.15) is 28.9 Å². The molecule has 0 aromatic heterocycles. The second-order valence-corrected chi connectivity index (χ2v) is 5.12. The Labute approximate surface area is 134 Å². The molecule has 3 N–H and O–H groups in total. The van der Waals surface area contributed by atoms with Crippen LogP contribution in [0.25, 0.3) is 0 Å². The lowest BCUT2D eigenvalue weighted by molar-refractivity contribution is 0.334. The molecule has 1 heterocycles. The van der Waals surface area contributed by atoms with E-state index in [1.54, 1.807) is 12.1 Å². The average Bonchev–Trinajstić information content (AvgIpc) is 2.54. The molecule has 0 spiro atoms. The molecule has 2 aromatic rings. The van der Waals surface area contributed by atoms with E-state index in [4.69, 9.17) is 15.2 Å². The first-order chi connectivity index (χ1) is 11.2. The van der Waals surface area contributed by atoms with Crippen molar-refractivity contribution in [3.8, 4) is 23.3 Å². The fraction of sp³-hybridized carbons (Fsp3) is 0.167. The molecule has 1 aliphatic heterocycles. The maximum absolute atomic E-state index is 9.67. The second kappa shape index (κ2) is 5.93.